The van der Waals surface area contributed by atoms with Crippen molar-refractivity contribution in [3.05, 3.63) is 65.2 Å². The molecule has 0 aliphatic carbocycles. The smallest absolute Gasteiger partial charge is 0.408 e. The van der Waals surface area contributed by atoms with Gasteiger partial charge in [0.1, 0.15) is 23.4 Å². The van der Waals surface area contributed by atoms with E-state index in [2.05, 4.69) is 10.6 Å². The molecule has 0 aliphatic heterocycles. The second-order valence-electron chi connectivity index (χ2n) is 10.1. The van der Waals surface area contributed by atoms with Gasteiger partial charge in [-0.25, -0.2) is 4.79 Å². The summed E-state index contributed by atoms with van der Waals surface area (Å²) in [6, 6.07) is 12.4. The van der Waals surface area contributed by atoms with Gasteiger partial charge < -0.3 is 25.4 Å². The van der Waals surface area contributed by atoms with Crippen LogP contribution in [0.2, 0.25) is 0 Å². The van der Waals surface area contributed by atoms with Crippen molar-refractivity contribution < 1.29 is 24.2 Å². The van der Waals surface area contributed by atoms with E-state index in [1.165, 1.54) is 11.0 Å². The van der Waals surface area contributed by atoms with Crippen LogP contribution in [0, 0.1) is 12.8 Å². The monoisotopic (exact) mass is 497 g/mol. The Morgan fingerprint density at radius 2 is 1.72 bits per heavy atom. The molecular formula is C28H39N3O5. The molecule has 2 aromatic carbocycles. The minimum absolute atomic E-state index is 0.0975. The van der Waals surface area contributed by atoms with Crippen LogP contribution in [-0.2, 0) is 20.9 Å². The standard InChI is InChI=1S/C28H39N3O5/c1-8-18(2)23(30-27(35)36-28(4,5)6)26(34)31(7)24(21-14-15-22(32)19(3)16-21)25(33)29-17-20-12-10-9-11-13-20/h9-16,18,23-24,32H,8,17H2,1-7H3,(H,29,33)(H,30,35). The zero-order valence-electron chi connectivity index (χ0n) is 22.3. The van der Waals surface area contributed by atoms with Crippen molar-refractivity contribution in [2.45, 2.75) is 72.2 Å². The fourth-order valence-corrected chi connectivity index (χ4v) is 3.75. The number of ether oxygens (including phenoxy) is 1. The molecule has 0 bridgehead atoms. The van der Waals surface area contributed by atoms with Gasteiger partial charge in [-0.2, -0.15) is 0 Å². The SMILES string of the molecule is CCC(C)C(NC(=O)OC(C)(C)C)C(=O)N(C)C(C(=O)NCc1ccccc1)c1ccc(O)c(C)c1. The van der Waals surface area contributed by atoms with Crippen molar-refractivity contribution in [1.29, 1.82) is 0 Å². The van der Waals surface area contributed by atoms with Crippen LogP contribution in [0.1, 0.15) is 63.8 Å². The molecule has 0 spiro atoms. The van der Waals surface area contributed by atoms with Crippen molar-refractivity contribution in [3.8, 4) is 5.75 Å². The lowest BCUT2D eigenvalue weighted by Gasteiger charge is -2.33. The molecule has 0 radical (unpaired) electrons. The Kier molecular flexibility index (Phi) is 9.90. The van der Waals surface area contributed by atoms with Crippen LogP contribution in [0.25, 0.3) is 0 Å². The molecule has 0 heterocycles. The third-order valence-corrected chi connectivity index (χ3v) is 5.98. The zero-order valence-corrected chi connectivity index (χ0v) is 22.3. The number of nitrogens with zero attached hydrogens (tertiary/aromatic N) is 1. The highest BCUT2D eigenvalue weighted by atomic mass is 16.6. The molecule has 3 atom stereocenters. The lowest BCUT2D eigenvalue weighted by atomic mass is 9.95. The fourth-order valence-electron chi connectivity index (χ4n) is 3.75. The van der Waals surface area contributed by atoms with Crippen molar-refractivity contribution in [1.82, 2.24) is 15.5 Å². The first-order valence-corrected chi connectivity index (χ1v) is 12.2. The number of hydrogen-bond donors (Lipinski definition) is 3. The van der Waals surface area contributed by atoms with Crippen LogP contribution < -0.4 is 10.6 Å². The van der Waals surface area contributed by atoms with Gasteiger partial charge in [-0.05, 0) is 62.4 Å². The number of alkyl carbamates (subject to hydrolysis) is 1. The van der Waals surface area contributed by atoms with Crippen LogP contribution in [0.4, 0.5) is 4.79 Å². The number of phenolic OH excluding ortho intramolecular Hbond substituents is 1. The first-order valence-electron chi connectivity index (χ1n) is 12.2. The molecule has 0 saturated carbocycles. The predicted molar refractivity (Wildman–Crippen MR) is 139 cm³/mol. The summed E-state index contributed by atoms with van der Waals surface area (Å²) in [6.45, 7) is 11.1. The Labute approximate surface area is 214 Å². The van der Waals surface area contributed by atoms with Crippen LogP contribution >= 0.6 is 0 Å². The molecule has 0 aliphatic rings. The van der Waals surface area contributed by atoms with Crippen LogP contribution in [0.3, 0.4) is 0 Å². The van der Waals surface area contributed by atoms with Crippen LogP contribution in [-0.4, -0.2) is 46.6 Å². The van der Waals surface area contributed by atoms with E-state index in [-0.39, 0.29) is 17.6 Å². The number of rotatable bonds is 9. The van der Waals surface area contributed by atoms with Crippen LogP contribution in [0.5, 0.6) is 5.75 Å². The number of aryl methyl sites for hydroxylation is 1. The first-order chi connectivity index (χ1) is 16.8. The lowest BCUT2D eigenvalue weighted by Crippen LogP contribution is -2.54. The summed E-state index contributed by atoms with van der Waals surface area (Å²) >= 11 is 0. The number of phenols is 1. The summed E-state index contributed by atoms with van der Waals surface area (Å²) in [4.78, 5) is 41.0. The van der Waals surface area contributed by atoms with Crippen molar-refractivity contribution in [3.63, 3.8) is 0 Å². The van der Waals surface area contributed by atoms with E-state index in [0.717, 1.165) is 5.56 Å². The average molecular weight is 498 g/mol. The molecule has 0 saturated heterocycles. The second-order valence-corrected chi connectivity index (χ2v) is 10.1. The molecule has 3 amide bonds. The number of likely N-dealkylation sites (N-methyl/N-ethyl adjacent to an activating group) is 1. The normalized spacial score (nSPS) is 13.8. The highest BCUT2D eigenvalue weighted by Crippen LogP contribution is 2.27. The van der Waals surface area contributed by atoms with Gasteiger partial charge in [0.2, 0.25) is 11.8 Å². The third kappa shape index (κ3) is 8.00. The van der Waals surface area contributed by atoms with Gasteiger partial charge in [0, 0.05) is 13.6 Å². The summed E-state index contributed by atoms with van der Waals surface area (Å²) in [5.74, 6) is -0.900. The van der Waals surface area contributed by atoms with E-state index in [1.807, 2.05) is 44.2 Å². The Morgan fingerprint density at radius 1 is 1.08 bits per heavy atom. The number of nitrogens with one attached hydrogen (secondary N) is 2. The van der Waals surface area contributed by atoms with Crippen molar-refractivity contribution >= 4 is 17.9 Å². The number of hydrogen-bond acceptors (Lipinski definition) is 5. The Balaban J connectivity index is 2.36. The second kappa shape index (κ2) is 12.4. The maximum Gasteiger partial charge on any atom is 0.408 e. The summed E-state index contributed by atoms with van der Waals surface area (Å²) in [5, 5.41) is 15.6. The van der Waals surface area contributed by atoms with Gasteiger partial charge in [-0.1, -0.05) is 56.7 Å². The minimum Gasteiger partial charge on any atom is -0.508 e. The molecular weight excluding hydrogens is 458 g/mol. The van der Waals surface area contributed by atoms with Crippen molar-refractivity contribution in [2.24, 2.45) is 5.92 Å². The van der Waals surface area contributed by atoms with E-state index in [4.69, 9.17) is 4.74 Å². The highest BCUT2D eigenvalue weighted by Gasteiger charge is 2.36. The number of aromatic hydroxyl groups is 1. The van der Waals surface area contributed by atoms with Gasteiger partial charge in [-0.15, -0.1) is 0 Å². The number of amides is 3. The summed E-state index contributed by atoms with van der Waals surface area (Å²) in [5.41, 5.74) is 1.33. The van der Waals surface area contributed by atoms with Crippen molar-refractivity contribution in [2.75, 3.05) is 7.05 Å². The summed E-state index contributed by atoms with van der Waals surface area (Å²) < 4.78 is 5.37. The Morgan fingerprint density at radius 3 is 2.28 bits per heavy atom. The molecule has 8 nitrogen and oxygen atoms in total. The minimum atomic E-state index is -0.979. The van der Waals surface area contributed by atoms with Gasteiger partial charge in [0.05, 0.1) is 0 Å². The zero-order chi connectivity index (χ0) is 27.0. The van der Waals surface area contributed by atoms with Crippen LogP contribution in [0.15, 0.2) is 48.5 Å². The maximum absolute atomic E-state index is 13.7. The molecule has 2 aromatic rings. The largest absolute Gasteiger partial charge is 0.508 e. The molecule has 8 heteroatoms. The van der Waals surface area contributed by atoms with E-state index >= 15 is 0 Å². The molecule has 0 aromatic heterocycles. The molecule has 2 rings (SSSR count). The van der Waals surface area contributed by atoms with Gasteiger partial charge in [0.15, 0.2) is 0 Å². The molecule has 3 N–H and O–H groups in total. The molecule has 3 unspecified atom stereocenters. The molecule has 0 fully saturated rings. The maximum atomic E-state index is 13.7. The lowest BCUT2D eigenvalue weighted by molar-refractivity contribution is -0.141. The first kappa shape index (κ1) is 28.7. The summed E-state index contributed by atoms with van der Waals surface area (Å²) in [7, 11) is 1.55. The van der Waals surface area contributed by atoms with E-state index < -0.39 is 29.7 Å². The van der Waals surface area contributed by atoms with Gasteiger partial charge in [0.25, 0.3) is 0 Å². The molecule has 196 valence electrons. The van der Waals surface area contributed by atoms with E-state index in [0.29, 0.717) is 24.1 Å². The van der Waals surface area contributed by atoms with Gasteiger partial charge >= 0.3 is 6.09 Å². The topological polar surface area (TPSA) is 108 Å². The quantitative estimate of drug-likeness (QED) is 0.474. The predicted octanol–water partition coefficient (Wildman–Crippen LogP) is 4.46. The van der Waals surface area contributed by atoms with E-state index in [1.54, 1.807) is 46.9 Å². The average Bonchev–Trinajstić information content (AvgIpc) is 2.82. The summed E-state index contributed by atoms with van der Waals surface area (Å²) in [6.07, 6.45) is -0.0661. The third-order valence-electron chi connectivity index (χ3n) is 5.98. The number of carbonyl (C=O) groups is 3. The number of benzene rings is 2. The molecule has 36 heavy (non-hydrogen) atoms. The highest BCUT2D eigenvalue weighted by molar-refractivity contribution is 5.92. The van der Waals surface area contributed by atoms with Gasteiger partial charge in [-0.3, -0.25) is 9.59 Å². The fraction of sp³-hybridized carbons (Fsp3) is 0.464. The Bertz CT molecular complexity index is 1050. The number of carbonyl (C=O) groups excluding carboxylic acids is 3. The Hall–Kier alpha value is -3.55. The van der Waals surface area contributed by atoms with E-state index in [9.17, 15) is 19.5 Å².